The molecule has 0 aromatic heterocycles. The number of esters is 1. The van der Waals surface area contributed by atoms with Gasteiger partial charge in [0.15, 0.2) is 0 Å². The van der Waals surface area contributed by atoms with Gasteiger partial charge in [-0.1, -0.05) is 74.9 Å². The molecule has 3 amide bonds. The summed E-state index contributed by atoms with van der Waals surface area (Å²) >= 11 is 0. The fourth-order valence-corrected chi connectivity index (χ4v) is 7.48. The van der Waals surface area contributed by atoms with Crippen molar-refractivity contribution in [2.75, 3.05) is 20.2 Å². The third kappa shape index (κ3) is 5.60. The normalized spacial score (nSPS) is 34.4. The van der Waals surface area contributed by atoms with E-state index in [0.717, 1.165) is 5.56 Å². The molecule has 0 radical (unpaired) electrons. The van der Waals surface area contributed by atoms with E-state index in [1.54, 1.807) is 29.0 Å². The first-order valence-electron chi connectivity index (χ1n) is 16.2. The number of hydrogen-bond donors (Lipinski definition) is 1. The maximum Gasteiger partial charge on any atom is 0.313 e. The van der Waals surface area contributed by atoms with E-state index >= 15 is 0 Å². The molecule has 0 saturated carbocycles. The van der Waals surface area contributed by atoms with Gasteiger partial charge >= 0.3 is 5.97 Å². The fraction of sp³-hybridized carbons (Fsp3) is 0.600. The first-order valence-corrected chi connectivity index (χ1v) is 16.2. The second-order valence-corrected chi connectivity index (χ2v) is 13.2. The average Bonchev–Trinajstić information content (AvgIpc) is 3.41. The second-order valence-electron chi connectivity index (χ2n) is 13.2. The standard InChI is InChI=1S/C35H47N3O7/c1-7-22(4)25(20-39)38-31-33(42)37(21(2)3)19-13-18-35(31)29(32(38)41)28-26(45-35)16-11-12-17-27(40)36(6)23(5)30(44-34(28)43)24-14-9-8-10-15-24/h8-11,13-16,18,21-23,25-26,28-31,39H,7,12,17,19-20H2,1-6H3/b16-11-/t22-,23+,25-,26+,28-,29-,30-,31+,35-/m0/s1. The Morgan fingerprint density at radius 2 is 1.76 bits per heavy atom. The predicted octanol–water partition coefficient (Wildman–Crippen LogP) is 3.26. The summed E-state index contributed by atoms with van der Waals surface area (Å²) < 4.78 is 13.1. The van der Waals surface area contributed by atoms with Crippen LogP contribution in [0.15, 0.2) is 54.6 Å². The molecular weight excluding hydrogens is 574 g/mol. The van der Waals surface area contributed by atoms with Crippen LogP contribution >= 0.6 is 0 Å². The Hall–Kier alpha value is -3.50. The number of fused-ring (bicyclic) bond motifs is 2. The van der Waals surface area contributed by atoms with Crippen molar-refractivity contribution in [1.82, 2.24) is 14.7 Å². The minimum Gasteiger partial charge on any atom is -0.455 e. The SMILES string of the molecule is CC[C@H](C)[C@H](CO)N1C(=O)[C@@H]2[C@H]3C(=O)O[C@H](c4ccccc4)[C@@H](C)N(C)C(=O)CC/C=C\[C@H]3O[C@@]23C=CCN(C(C)C)C(=O)[C@@H]13. The summed E-state index contributed by atoms with van der Waals surface area (Å²) in [6.45, 7) is 9.63. The second kappa shape index (κ2) is 13.1. The molecule has 10 heteroatoms. The van der Waals surface area contributed by atoms with Gasteiger partial charge < -0.3 is 29.3 Å². The van der Waals surface area contributed by atoms with Crippen LogP contribution < -0.4 is 0 Å². The molecule has 1 aromatic rings. The van der Waals surface area contributed by atoms with Crippen molar-refractivity contribution in [2.45, 2.75) is 95.9 Å². The summed E-state index contributed by atoms with van der Waals surface area (Å²) in [4.78, 5) is 61.6. The molecule has 4 aliphatic heterocycles. The number of nitrogens with zero attached hydrogens (tertiary/aromatic N) is 3. The lowest BCUT2D eigenvalue weighted by Gasteiger charge is -2.41. The van der Waals surface area contributed by atoms with Crippen LogP contribution in [0.3, 0.4) is 0 Å². The van der Waals surface area contributed by atoms with Crippen LogP contribution in [-0.2, 0) is 28.7 Å². The van der Waals surface area contributed by atoms with Crippen molar-refractivity contribution in [3.8, 4) is 0 Å². The van der Waals surface area contributed by atoms with Crippen molar-refractivity contribution >= 4 is 23.7 Å². The van der Waals surface area contributed by atoms with E-state index < -0.39 is 59.6 Å². The zero-order valence-electron chi connectivity index (χ0n) is 27.2. The Balaban J connectivity index is 1.65. The van der Waals surface area contributed by atoms with E-state index in [1.807, 2.05) is 77.1 Å². The van der Waals surface area contributed by atoms with E-state index in [2.05, 4.69) is 0 Å². The minimum absolute atomic E-state index is 0.0823. The van der Waals surface area contributed by atoms with Gasteiger partial charge in [-0.3, -0.25) is 19.2 Å². The molecule has 0 bridgehead atoms. The number of ether oxygens (including phenoxy) is 2. The van der Waals surface area contributed by atoms with Crippen LogP contribution in [-0.4, -0.2) is 99.6 Å². The zero-order chi connectivity index (χ0) is 32.6. The summed E-state index contributed by atoms with van der Waals surface area (Å²) in [6.07, 6.45) is 6.89. The number of rotatable bonds is 6. The largest absolute Gasteiger partial charge is 0.455 e. The van der Waals surface area contributed by atoms with Gasteiger partial charge in [-0.25, -0.2) is 0 Å². The first kappa shape index (κ1) is 32.9. The molecule has 45 heavy (non-hydrogen) atoms. The Bertz CT molecular complexity index is 1350. The third-order valence-corrected chi connectivity index (χ3v) is 10.4. The van der Waals surface area contributed by atoms with Gasteiger partial charge in [0.2, 0.25) is 17.7 Å². The lowest BCUT2D eigenvalue weighted by molar-refractivity contribution is -0.165. The highest BCUT2D eigenvalue weighted by Crippen LogP contribution is 2.54. The van der Waals surface area contributed by atoms with Crippen LogP contribution in [0.25, 0.3) is 0 Å². The highest BCUT2D eigenvalue weighted by molar-refractivity contribution is 5.99. The maximum atomic E-state index is 14.7. The first-order chi connectivity index (χ1) is 21.5. The Kier molecular flexibility index (Phi) is 9.56. The lowest BCUT2D eigenvalue weighted by atomic mass is 9.77. The van der Waals surface area contributed by atoms with E-state index in [-0.39, 0.29) is 36.8 Å². The number of carbonyl (C=O) groups is 4. The minimum atomic E-state index is -1.45. The summed E-state index contributed by atoms with van der Waals surface area (Å²) in [7, 11) is 1.71. The summed E-state index contributed by atoms with van der Waals surface area (Å²) in [5.41, 5.74) is -0.722. The quantitative estimate of drug-likeness (QED) is 0.383. The number of cyclic esters (lactones) is 1. The fourth-order valence-electron chi connectivity index (χ4n) is 7.48. The van der Waals surface area contributed by atoms with E-state index in [1.165, 1.54) is 4.90 Å². The number of aliphatic hydroxyl groups excluding tert-OH is 1. The lowest BCUT2D eigenvalue weighted by Crippen LogP contribution is -2.60. The molecule has 2 saturated heterocycles. The number of carbonyl (C=O) groups excluding carboxylic acids is 4. The molecule has 1 aromatic carbocycles. The third-order valence-electron chi connectivity index (χ3n) is 10.4. The Morgan fingerprint density at radius 3 is 2.40 bits per heavy atom. The van der Waals surface area contributed by atoms with Crippen molar-refractivity contribution in [3.05, 3.63) is 60.2 Å². The average molecular weight is 622 g/mol. The molecule has 9 atom stereocenters. The van der Waals surface area contributed by atoms with E-state index in [0.29, 0.717) is 19.4 Å². The summed E-state index contributed by atoms with van der Waals surface area (Å²) in [5, 5.41) is 10.6. The topological polar surface area (TPSA) is 117 Å². The number of amides is 3. The van der Waals surface area contributed by atoms with Crippen LogP contribution in [0, 0.1) is 17.8 Å². The molecule has 10 nitrogen and oxygen atoms in total. The van der Waals surface area contributed by atoms with Gasteiger partial charge in [0, 0.05) is 26.1 Å². The molecule has 1 spiro atoms. The molecule has 5 rings (SSSR count). The highest BCUT2D eigenvalue weighted by Gasteiger charge is 2.72. The summed E-state index contributed by atoms with van der Waals surface area (Å²) in [6, 6.07) is 6.93. The van der Waals surface area contributed by atoms with Crippen LogP contribution in [0.1, 0.15) is 65.5 Å². The monoisotopic (exact) mass is 621 g/mol. The molecule has 0 aliphatic carbocycles. The van der Waals surface area contributed by atoms with Gasteiger partial charge in [-0.2, -0.15) is 0 Å². The number of hydrogen-bond acceptors (Lipinski definition) is 7. The van der Waals surface area contributed by atoms with Gasteiger partial charge in [0.25, 0.3) is 0 Å². The molecule has 0 unspecified atom stereocenters. The Morgan fingerprint density at radius 1 is 1.04 bits per heavy atom. The van der Waals surface area contributed by atoms with Crippen LogP contribution in [0.4, 0.5) is 0 Å². The molecule has 244 valence electrons. The molecule has 1 N–H and O–H groups in total. The predicted molar refractivity (Wildman–Crippen MR) is 167 cm³/mol. The number of likely N-dealkylation sites (tertiary alicyclic amines) is 1. The van der Waals surface area contributed by atoms with Crippen LogP contribution in [0.2, 0.25) is 0 Å². The van der Waals surface area contributed by atoms with Crippen molar-refractivity contribution < 1.29 is 33.8 Å². The molecule has 2 fully saturated rings. The highest BCUT2D eigenvalue weighted by atomic mass is 16.6. The number of allylic oxidation sites excluding steroid dienone is 1. The van der Waals surface area contributed by atoms with Crippen molar-refractivity contribution in [2.24, 2.45) is 17.8 Å². The van der Waals surface area contributed by atoms with E-state index in [4.69, 9.17) is 9.47 Å². The van der Waals surface area contributed by atoms with Gasteiger partial charge in [-0.15, -0.1) is 0 Å². The number of benzene rings is 1. The van der Waals surface area contributed by atoms with Crippen LogP contribution in [0.5, 0.6) is 0 Å². The van der Waals surface area contributed by atoms with Gasteiger partial charge in [-0.05, 0) is 38.7 Å². The number of aliphatic hydroxyl groups is 1. The summed E-state index contributed by atoms with van der Waals surface area (Å²) in [5.74, 6) is -3.60. The number of likely N-dealkylation sites (N-methyl/N-ethyl adjacent to an activating group) is 1. The van der Waals surface area contributed by atoms with E-state index in [9.17, 15) is 24.3 Å². The molecular formula is C35H47N3O7. The zero-order valence-corrected chi connectivity index (χ0v) is 27.2. The van der Waals surface area contributed by atoms with Crippen molar-refractivity contribution in [1.29, 1.82) is 0 Å². The Labute approximate surface area is 266 Å². The van der Waals surface area contributed by atoms with Gasteiger partial charge in [0.05, 0.1) is 30.7 Å². The molecule has 4 heterocycles. The smallest absolute Gasteiger partial charge is 0.313 e. The van der Waals surface area contributed by atoms with Gasteiger partial charge in [0.1, 0.15) is 23.7 Å². The van der Waals surface area contributed by atoms with Crippen molar-refractivity contribution in [3.63, 3.8) is 0 Å². The molecule has 4 aliphatic rings. The maximum absolute atomic E-state index is 14.7.